The van der Waals surface area contributed by atoms with Gasteiger partial charge < -0.3 is 0 Å². The normalized spacial score (nSPS) is 12.9. The minimum absolute atomic E-state index is 0.0507. The third-order valence-electron chi connectivity index (χ3n) is 3.07. The number of nitrogens with two attached hydrogens (primary N) is 1. The number of nitrogens with one attached hydrogen (secondary N) is 1. The van der Waals surface area contributed by atoms with Gasteiger partial charge >= 0.3 is 0 Å². The topological polar surface area (TPSA) is 68.8 Å². The third-order valence-corrected chi connectivity index (χ3v) is 4.28. The van der Waals surface area contributed by atoms with E-state index in [1.54, 1.807) is 6.33 Å². The van der Waals surface area contributed by atoms with Crippen molar-refractivity contribution in [2.45, 2.75) is 32.4 Å². The molecule has 0 saturated heterocycles. The number of hydrazine groups is 1. The molecule has 1 aromatic heterocycles. The second-order valence-electron chi connectivity index (χ2n) is 4.81. The van der Waals surface area contributed by atoms with Crippen molar-refractivity contribution in [3.05, 3.63) is 45.4 Å². The van der Waals surface area contributed by atoms with Crippen LogP contribution in [-0.2, 0) is 6.42 Å². The highest BCUT2D eigenvalue weighted by atomic mass is 79.9. The highest BCUT2D eigenvalue weighted by Crippen LogP contribution is 2.27. The fourth-order valence-corrected chi connectivity index (χ4v) is 2.55. The standard InChI is InChI=1S/C13H17BrClN5/c1-8(2)20-13(17-7-18-20)6-12(19-16)9-3-4-11(15)10(14)5-9/h3-5,7-8,12,19H,6,16H2,1-2H3. The summed E-state index contributed by atoms with van der Waals surface area (Å²) in [6, 6.07) is 5.97. The van der Waals surface area contributed by atoms with Gasteiger partial charge in [-0.2, -0.15) is 5.10 Å². The van der Waals surface area contributed by atoms with Gasteiger partial charge in [0.15, 0.2) is 0 Å². The molecule has 0 aliphatic carbocycles. The highest BCUT2D eigenvalue weighted by molar-refractivity contribution is 9.10. The second kappa shape index (κ2) is 6.67. The Kier molecular flexibility index (Phi) is 5.15. The van der Waals surface area contributed by atoms with Crippen LogP contribution in [0.25, 0.3) is 0 Å². The van der Waals surface area contributed by atoms with Gasteiger partial charge in [-0.1, -0.05) is 17.7 Å². The molecule has 0 fully saturated rings. The zero-order chi connectivity index (χ0) is 14.7. The fraction of sp³-hybridized carbons (Fsp3) is 0.385. The summed E-state index contributed by atoms with van der Waals surface area (Å²) in [4.78, 5) is 4.31. The molecule has 1 unspecified atom stereocenters. The van der Waals surface area contributed by atoms with Crippen LogP contribution >= 0.6 is 27.5 Å². The molecule has 1 aromatic carbocycles. The van der Waals surface area contributed by atoms with Crippen LogP contribution in [0.15, 0.2) is 29.0 Å². The number of nitrogens with zero attached hydrogens (tertiary/aromatic N) is 3. The van der Waals surface area contributed by atoms with Crippen LogP contribution in [0.3, 0.4) is 0 Å². The summed E-state index contributed by atoms with van der Waals surface area (Å²) in [5.41, 5.74) is 3.87. The lowest BCUT2D eigenvalue weighted by Gasteiger charge is -2.18. The third kappa shape index (κ3) is 3.38. The fourth-order valence-electron chi connectivity index (χ4n) is 2.04. The van der Waals surface area contributed by atoms with Crippen LogP contribution < -0.4 is 11.3 Å². The zero-order valence-electron chi connectivity index (χ0n) is 11.3. The Balaban J connectivity index is 2.24. The maximum atomic E-state index is 6.01. The molecule has 0 saturated carbocycles. The van der Waals surface area contributed by atoms with Crippen molar-refractivity contribution >= 4 is 27.5 Å². The molecule has 7 heteroatoms. The monoisotopic (exact) mass is 357 g/mol. The molecule has 3 N–H and O–H groups in total. The van der Waals surface area contributed by atoms with Gasteiger partial charge in [-0.3, -0.25) is 11.3 Å². The molecule has 1 atom stereocenters. The summed E-state index contributed by atoms with van der Waals surface area (Å²) in [6.07, 6.45) is 2.23. The van der Waals surface area contributed by atoms with Gasteiger partial charge in [-0.05, 0) is 47.5 Å². The molecule has 0 aliphatic rings. The van der Waals surface area contributed by atoms with Gasteiger partial charge in [-0.15, -0.1) is 0 Å². The van der Waals surface area contributed by atoms with Gasteiger partial charge in [0, 0.05) is 16.9 Å². The maximum Gasteiger partial charge on any atom is 0.138 e. The second-order valence-corrected chi connectivity index (χ2v) is 6.07. The van der Waals surface area contributed by atoms with E-state index in [2.05, 4.69) is 45.3 Å². The number of hydrogen-bond donors (Lipinski definition) is 2. The highest BCUT2D eigenvalue weighted by Gasteiger charge is 2.16. The van der Waals surface area contributed by atoms with E-state index in [-0.39, 0.29) is 12.1 Å². The average Bonchev–Trinajstić information content (AvgIpc) is 2.87. The van der Waals surface area contributed by atoms with E-state index in [1.807, 2.05) is 22.9 Å². The summed E-state index contributed by atoms with van der Waals surface area (Å²) < 4.78 is 2.75. The minimum atomic E-state index is -0.0507. The first-order valence-electron chi connectivity index (χ1n) is 6.32. The van der Waals surface area contributed by atoms with Crippen LogP contribution in [0.5, 0.6) is 0 Å². The number of aromatic nitrogens is 3. The Morgan fingerprint density at radius 2 is 2.20 bits per heavy atom. The predicted molar refractivity (Wildman–Crippen MR) is 83.3 cm³/mol. The first-order chi connectivity index (χ1) is 9.52. The largest absolute Gasteiger partial charge is 0.271 e. The molecule has 5 nitrogen and oxygen atoms in total. The van der Waals surface area contributed by atoms with Crippen LogP contribution in [0.2, 0.25) is 5.02 Å². The van der Waals surface area contributed by atoms with Gasteiger partial charge in [0.2, 0.25) is 0 Å². The van der Waals surface area contributed by atoms with Crippen LogP contribution in [0.4, 0.5) is 0 Å². The average molecular weight is 359 g/mol. The quantitative estimate of drug-likeness (QED) is 0.637. The van der Waals surface area contributed by atoms with Crippen LogP contribution in [0.1, 0.15) is 37.3 Å². The van der Waals surface area contributed by atoms with E-state index in [0.717, 1.165) is 15.9 Å². The van der Waals surface area contributed by atoms with Crippen LogP contribution in [0, 0.1) is 0 Å². The Morgan fingerprint density at radius 3 is 2.80 bits per heavy atom. The number of hydrogen-bond acceptors (Lipinski definition) is 4. The van der Waals surface area contributed by atoms with Crippen molar-refractivity contribution < 1.29 is 0 Å². The van der Waals surface area contributed by atoms with E-state index in [0.29, 0.717) is 11.4 Å². The molecule has 0 spiro atoms. The molecular weight excluding hydrogens is 342 g/mol. The van der Waals surface area contributed by atoms with Crippen molar-refractivity contribution in [1.82, 2.24) is 20.2 Å². The molecule has 0 aliphatic heterocycles. The van der Waals surface area contributed by atoms with Gasteiger partial charge in [0.25, 0.3) is 0 Å². The van der Waals surface area contributed by atoms with E-state index >= 15 is 0 Å². The predicted octanol–water partition coefficient (Wildman–Crippen LogP) is 3.02. The lowest BCUT2D eigenvalue weighted by atomic mass is 10.0. The molecule has 0 radical (unpaired) electrons. The Labute approximate surface area is 131 Å². The van der Waals surface area contributed by atoms with Gasteiger partial charge in [0.05, 0.1) is 11.1 Å². The van der Waals surface area contributed by atoms with Crippen molar-refractivity contribution in [2.75, 3.05) is 0 Å². The maximum absolute atomic E-state index is 6.01. The molecule has 20 heavy (non-hydrogen) atoms. The molecule has 108 valence electrons. The smallest absolute Gasteiger partial charge is 0.138 e. The summed E-state index contributed by atoms with van der Waals surface area (Å²) in [6.45, 7) is 4.14. The Hall–Kier alpha value is -0.950. The van der Waals surface area contributed by atoms with Crippen LogP contribution in [-0.4, -0.2) is 14.8 Å². The number of halogens is 2. The summed E-state index contributed by atoms with van der Waals surface area (Å²) in [5, 5.41) is 4.91. The van der Waals surface area contributed by atoms with Crippen molar-refractivity contribution in [2.24, 2.45) is 5.84 Å². The zero-order valence-corrected chi connectivity index (χ0v) is 13.7. The van der Waals surface area contributed by atoms with Crippen molar-refractivity contribution in [3.63, 3.8) is 0 Å². The number of rotatable bonds is 5. The summed E-state index contributed by atoms with van der Waals surface area (Å²) in [5.74, 6) is 6.58. The Bertz CT molecular complexity index is 584. The summed E-state index contributed by atoms with van der Waals surface area (Å²) >= 11 is 9.44. The molecular formula is C13H17BrClN5. The lowest BCUT2D eigenvalue weighted by molar-refractivity contribution is 0.468. The van der Waals surface area contributed by atoms with E-state index in [4.69, 9.17) is 17.4 Å². The molecule has 2 rings (SSSR count). The number of benzene rings is 1. The Morgan fingerprint density at radius 1 is 1.45 bits per heavy atom. The summed E-state index contributed by atoms with van der Waals surface area (Å²) in [7, 11) is 0. The van der Waals surface area contributed by atoms with Gasteiger partial charge in [0.1, 0.15) is 12.2 Å². The first-order valence-corrected chi connectivity index (χ1v) is 7.49. The molecule has 0 bridgehead atoms. The minimum Gasteiger partial charge on any atom is -0.271 e. The lowest BCUT2D eigenvalue weighted by Crippen LogP contribution is -2.30. The van der Waals surface area contributed by atoms with Gasteiger partial charge in [-0.25, -0.2) is 9.67 Å². The van der Waals surface area contributed by atoms with E-state index < -0.39 is 0 Å². The van der Waals surface area contributed by atoms with E-state index in [9.17, 15) is 0 Å². The molecule has 0 amide bonds. The molecule has 2 aromatic rings. The SMILES string of the molecule is CC(C)n1ncnc1CC(NN)c1ccc(Cl)c(Br)c1. The van der Waals surface area contributed by atoms with E-state index in [1.165, 1.54) is 0 Å². The van der Waals surface area contributed by atoms with Crippen molar-refractivity contribution in [3.8, 4) is 0 Å². The molecule has 1 heterocycles. The first kappa shape index (κ1) is 15.4. The van der Waals surface area contributed by atoms with Crippen molar-refractivity contribution in [1.29, 1.82) is 0 Å².